The Morgan fingerprint density at radius 1 is 1.06 bits per heavy atom. The number of rotatable bonds is 7. The smallest absolute Gasteiger partial charge is 0.263 e. The molecule has 0 atom stereocenters. The third-order valence-electron chi connectivity index (χ3n) is 5.43. The molecule has 1 aromatic heterocycles. The number of hydrogen-bond donors (Lipinski definition) is 1. The van der Waals surface area contributed by atoms with Gasteiger partial charge < -0.3 is 9.64 Å². The normalized spacial score (nSPS) is 14.6. The third-order valence-corrected chi connectivity index (χ3v) is 7.04. The van der Waals surface area contributed by atoms with Crippen LogP contribution < -0.4 is 9.46 Å². The van der Waals surface area contributed by atoms with Crippen molar-refractivity contribution in [2.75, 3.05) is 38.0 Å². The van der Waals surface area contributed by atoms with Crippen LogP contribution in [0.5, 0.6) is 5.75 Å². The molecule has 11 heteroatoms. The van der Waals surface area contributed by atoms with Crippen molar-refractivity contribution in [2.24, 2.45) is 0 Å². The predicted octanol–water partition coefficient (Wildman–Crippen LogP) is 2.90. The summed E-state index contributed by atoms with van der Waals surface area (Å²) in [6.07, 6.45) is 2.95. The first-order valence-corrected chi connectivity index (χ1v) is 12.5. The minimum Gasteiger partial charge on any atom is -0.497 e. The summed E-state index contributed by atoms with van der Waals surface area (Å²) in [7, 11) is -2.27. The lowest BCUT2D eigenvalue weighted by Gasteiger charge is -2.34. The molecule has 1 aliphatic heterocycles. The molecular weight excluding hydrogens is 478 g/mol. The van der Waals surface area contributed by atoms with Gasteiger partial charge in [-0.2, -0.15) is 0 Å². The third kappa shape index (κ3) is 5.82. The maximum atomic E-state index is 12.7. The van der Waals surface area contributed by atoms with Crippen LogP contribution in [0.1, 0.15) is 16.1 Å². The molecule has 0 spiro atoms. The molecule has 0 saturated carbocycles. The van der Waals surface area contributed by atoms with Crippen LogP contribution in [0.2, 0.25) is 5.02 Å². The molecule has 0 unspecified atom stereocenters. The fourth-order valence-electron chi connectivity index (χ4n) is 3.58. The number of aromatic nitrogens is 2. The van der Waals surface area contributed by atoms with Crippen molar-refractivity contribution < 1.29 is 17.9 Å². The van der Waals surface area contributed by atoms with Crippen LogP contribution in [0, 0.1) is 0 Å². The number of benzene rings is 2. The van der Waals surface area contributed by atoms with E-state index in [4.69, 9.17) is 16.3 Å². The summed E-state index contributed by atoms with van der Waals surface area (Å²) >= 11 is 6.00. The Morgan fingerprint density at radius 3 is 2.41 bits per heavy atom. The van der Waals surface area contributed by atoms with Crippen molar-refractivity contribution in [2.45, 2.75) is 11.4 Å². The van der Waals surface area contributed by atoms with Crippen LogP contribution in [-0.4, -0.2) is 67.4 Å². The highest BCUT2D eigenvalue weighted by atomic mass is 35.5. The van der Waals surface area contributed by atoms with E-state index >= 15 is 0 Å². The van der Waals surface area contributed by atoms with Gasteiger partial charge in [-0.25, -0.2) is 13.4 Å². The molecule has 34 heavy (non-hydrogen) atoms. The van der Waals surface area contributed by atoms with Gasteiger partial charge in [-0.15, -0.1) is 0 Å². The molecule has 178 valence electrons. The molecule has 0 bridgehead atoms. The highest BCUT2D eigenvalue weighted by Gasteiger charge is 2.23. The Morgan fingerprint density at radius 2 is 1.79 bits per heavy atom. The van der Waals surface area contributed by atoms with Crippen LogP contribution in [-0.2, 0) is 16.6 Å². The largest absolute Gasteiger partial charge is 0.497 e. The molecule has 1 saturated heterocycles. The van der Waals surface area contributed by atoms with Crippen molar-refractivity contribution in [1.82, 2.24) is 19.8 Å². The van der Waals surface area contributed by atoms with Gasteiger partial charge in [-0.3, -0.25) is 19.4 Å². The minimum atomic E-state index is -3.78. The summed E-state index contributed by atoms with van der Waals surface area (Å²) in [5.74, 6) is 0.671. The van der Waals surface area contributed by atoms with E-state index in [9.17, 15) is 13.2 Å². The van der Waals surface area contributed by atoms with E-state index in [0.717, 1.165) is 0 Å². The molecule has 1 amide bonds. The molecule has 9 nitrogen and oxygen atoms in total. The first-order valence-electron chi connectivity index (χ1n) is 10.6. The van der Waals surface area contributed by atoms with Gasteiger partial charge in [0.2, 0.25) is 0 Å². The zero-order chi connectivity index (χ0) is 24.1. The second kappa shape index (κ2) is 10.4. The number of amides is 1. The fraction of sp³-hybridized carbons (Fsp3) is 0.261. The van der Waals surface area contributed by atoms with E-state index < -0.39 is 10.0 Å². The number of carbonyl (C=O) groups excluding carboxylic acids is 1. The molecule has 2 heterocycles. The van der Waals surface area contributed by atoms with E-state index in [1.54, 1.807) is 42.6 Å². The van der Waals surface area contributed by atoms with Gasteiger partial charge in [-0.05, 0) is 42.5 Å². The van der Waals surface area contributed by atoms with Crippen LogP contribution in [0.15, 0.2) is 65.8 Å². The fourth-order valence-corrected chi connectivity index (χ4v) is 4.77. The molecule has 0 aliphatic carbocycles. The summed E-state index contributed by atoms with van der Waals surface area (Å²) in [6, 6.07) is 13.0. The van der Waals surface area contributed by atoms with Gasteiger partial charge in [0.25, 0.3) is 15.9 Å². The standard InChI is InChI=1S/C23H24ClN5O4S/c1-33-20-5-7-21(8-6-20)34(31,32)27-22-15-25-19(14-26-22)16-28-9-11-29(12-10-28)23(30)17-3-2-4-18(24)13-17/h2-8,13-15H,9-12,16H2,1H3,(H,26,27). The maximum absolute atomic E-state index is 12.7. The number of hydrogen-bond acceptors (Lipinski definition) is 7. The van der Waals surface area contributed by atoms with Crippen molar-refractivity contribution in [3.05, 3.63) is 77.2 Å². The Hall–Kier alpha value is -3.21. The monoisotopic (exact) mass is 501 g/mol. The van der Waals surface area contributed by atoms with Gasteiger partial charge in [-0.1, -0.05) is 17.7 Å². The lowest BCUT2D eigenvalue weighted by molar-refractivity contribution is 0.0627. The number of sulfonamides is 1. The SMILES string of the molecule is COc1ccc(S(=O)(=O)Nc2cnc(CN3CCN(C(=O)c4cccc(Cl)c4)CC3)cn2)cc1. The summed E-state index contributed by atoms with van der Waals surface area (Å²) in [4.78, 5) is 25.3. The number of piperazine rings is 1. The first-order chi connectivity index (χ1) is 16.3. The highest BCUT2D eigenvalue weighted by Crippen LogP contribution is 2.18. The van der Waals surface area contributed by atoms with Crippen molar-refractivity contribution >= 4 is 33.3 Å². The number of anilines is 1. The van der Waals surface area contributed by atoms with Gasteiger partial charge in [0.15, 0.2) is 5.82 Å². The molecule has 0 radical (unpaired) electrons. The lowest BCUT2D eigenvalue weighted by Crippen LogP contribution is -2.48. The number of methoxy groups -OCH3 is 1. The topological polar surface area (TPSA) is 105 Å². The highest BCUT2D eigenvalue weighted by molar-refractivity contribution is 7.92. The predicted molar refractivity (Wildman–Crippen MR) is 128 cm³/mol. The molecule has 3 aromatic rings. The van der Waals surface area contributed by atoms with Crippen LogP contribution in [0.4, 0.5) is 5.82 Å². The number of nitrogens with one attached hydrogen (secondary N) is 1. The van der Waals surface area contributed by atoms with E-state index in [2.05, 4.69) is 19.6 Å². The van der Waals surface area contributed by atoms with Crippen LogP contribution >= 0.6 is 11.6 Å². The van der Waals surface area contributed by atoms with Crippen molar-refractivity contribution in [1.29, 1.82) is 0 Å². The van der Waals surface area contributed by atoms with Gasteiger partial charge >= 0.3 is 0 Å². The van der Waals surface area contributed by atoms with Gasteiger partial charge in [0.1, 0.15) is 5.75 Å². The number of halogens is 1. The summed E-state index contributed by atoms with van der Waals surface area (Å²) < 4.78 is 32.6. The second-order valence-electron chi connectivity index (χ2n) is 7.75. The van der Waals surface area contributed by atoms with E-state index in [1.807, 2.05) is 4.90 Å². The average molecular weight is 502 g/mol. The summed E-state index contributed by atoms with van der Waals surface area (Å²) in [5.41, 5.74) is 1.29. The summed E-state index contributed by atoms with van der Waals surface area (Å²) in [6.45, 7) is 3.13. The van der Waals surface area contributed by atoms with E-state index in [1.165, 1.54) is 25.4 Å². The molecule has 1 aliphatic rings. The van der Waals surface area contributed by atoms with Gasteiger partial charge in [0.05, 0.1) is 30.1 Å². The van der Waals surface area contributed by atoms with Gasteiger partial charge in [0, 0.05) is 43.3 Å². The molecular formula is C23H24ClN5O4S. The van der Waals surface area contributed by atoms with Crippen molar-refractivity contribution in [3.8, 4) is 5.75 Å². The minimum absolute atomic E-state index is 0.0320. The number of nitrogens with zero attached hydrogens (tertiary/aromatic N) is 4. The molecule has 2 aromatic carbocycles. The zero-order valence-electron chi connectivity index (χ0n) is 18.5. The lowest BCUT2D eigenvalue weighted by atomic mass is 10.2. The Bertz CT molecular complexity index is 1250. The van der Waals surface area contributed by atoms with Crippen LogP contribution in [0.25, 0.3) is 0 Å². The Balaban J connectivity index is 1.30. The maximum Gasteiger partial charge on any atom is 0.263 e. The van der Waals surface area contributed by atoms with E-state index in [0.29, 0.717) is 54.8 Å². The van der Waals surface area contributed by atoms with Crippen LogP contribution in [0.3, 0.4) is 0 Å². The molecule has 1 N–H and O–H groups in total. The Labute approximate surface area is 203 Å². The first kappa shape index (κ1) is 23.9. The Kier molecular flexibility index (Phi) is 7.30. The van der Waals surface area contributed by atoms with Crippen molar-refractivity contribution in [3.63, 3.8) is 0 Å². The zero-order valence-corrected chi connectivity index (χ0v) is 20.1. The molecule has 1 fully saturated rings. The second-order valence-corrected chi connectivity index (χ2v) is 9.87. The number of ether oxygens (including phenoxy) is 1. The quantitative estimate of drug-likeness (QED) is 0.530. The van der Waals surface area contributed by atoms with E-state index in [-0.39, 0.29) is 16.6 Å². The number of carbonyl (C=O) groups is 1. The molecule has 4 rings (SSSR count). The summed E-state index contributed by atoms with van der Waals surface area (Å²) in [5, 5.41) is 0.540. The average Bonchev–Trinajstić information content (AvgIpc) is 2.85.